The van der Waals surface area contributed by atoms with Crippen molar-refractivity contribution in [2.75, 3.05) is 20.1 Å². The molecule has 0 aromatic carbocycles. The molecule has 0 atom stereocenters. The average Bonchev–Trinajstić information content (AvgIpc) is 2.93. The number of nitrogens with one attached hydrogen (secondary N) is 1. The van der Waals surface area contributed by atoms with Crippen molar-refractivity contribution in [2.45, 2.75) is 31.7 Å². The van der Waals surface area contributed by atoms with Crippen LogP contribution >= 0.6 is 11.6 Å². The van der Waals surface area contributed by atoms with Crippen LogP contribution in [0.25, 0.3) is 0 Å². The molecule has 104 valence electrons. The third-order valence-corrected chi connectivity index (χ3v) is 3.76. The fourth-order valence-corrected chi connectivity index (χ4v) is 2.50. The highest BCUT2D eigenvalue weighted by Crippen LogP contribution is 2.21. The van der Waals surface area contributed by atoms with Crippen LogP contribution in [0.3, 0.4) is 0 Å². The Kier molecular flexibility index (Phi) is 5.10. The third-order valence-electron chi connectivity index (χ3n) is 3.56. The fourth-order valence-electron chi connectivity index (χ4n) is 2.40. The van der Waals surface area contributed by atoms with E-state index >= 15 is 0 Å². The molecule has 1 amide bonds. The van der Waals surface area contributed by atoms with Gasteiger partial charge in [-0.1, -0.05) is 24.4 Å². The lowest BCUT2D eigenvalue weighted by Crippen LogP contribution is -2.37. The number of aromatic nitrogens is 2. The molecule has 0 saturated heterocycles. The van der Waals surface area contributed by atoms with Gasteiger partial charge in [0.15, 0.2) is 10.8 Å². The van der Waals surface area contributed by atoms with Crippen molar-refractivity contribution in [1.82, 2.24) is 20.4 Å². The molecule has 19 heavy (non-hydrogen) atoms. The molecule has 0 bridgehead atoms. The predicted molar refractivity (Wildman–Crippen MR) is 74.3 cm³/mol. The maximum atomic E-state index is 11.8. The Hall–Kier alpha value is -1.20. The highest BCUT2D eigenvalue weighted by Gasteiger charge is 2.19. The maximum absolute atomic E-state index is 11.8. The summed E-state index contributed by atoms with van der Waals surface area (Å²) in [6.45, 7) is 1.48. The minimum absolute atomic E-state index is 0.205. The first-order valence-electron chi connectivity index (χ1n) is 6.64. The normalized spacial score (nSPS) is 15.9. The summed E-state index contributed by atoms with van der Waals surface area (Å²) in [7, 11) is 2.12. The summed E-state index contributed by atoms with van der Waals surface area (Å²) in [4.78, 5) is 14.1. The molecule has 0 unspecified atom stereocenters. The van der Waals surface area contributed by atoms with Gasteiger partial charge < -0.3 is 10.2 Å². The number of carbonyl (C=O) groups is 1. The zero-order valence-corrected chi connectivity index (χ0v) is 11.9. The molecule has 0 spiro atoms. The van der Waals surface area contributed by atoms with Gasteiger partial charge in [0.1, 0.15) is 0 Å². The van der Waals surface area contributed by atoms with Gasteiger partial charge in [-0.25, -0.2) is 0 Å². The van der Waals surface area contributed by atoms with Crippen molar-refractivity contribution in [3.05, 3.63) is 23.0 Å². The molecule has 1 fully saturated rings. The molecule has 0 radical (unpaired) electrons. The third kappa shape index (κ3) is 4.14. The molecule has 6 heteroatoms. The van der Waals surface area contributed by atoms with E-state index in [1.165, 1.54) is 25.7 Å². The van der Waals surface area contributed by atoms with Crippen molar-refractivity contribution in [2.24, 2.45) is 0 Å². The van der Waals surface area contributed by atoms with E-state index in [0.29, 0.717) is 18.3 Å². The zero-order chi connectivity index (χ0) is 13.7. The first-order chi connectivity index (χ1) is 9.16. The molecule has 1 aromatic heterocycles. The van der Waals surface area contributed by atoms with Gasteiger partial charge in [-0.2, -0.15) is 0 Å². The van der Waals surface area contributed by atoms with Gasteiger partial charge in [0.2, 0.25) is 0 Å². The van der Waals surface area contributed by atoms with Crippen molar-refractivity contribution in [3.63, 3.8) is 0 Å². The predicted octanol–water partition coefficient (Wildman–Crippen LogP) is 1.73. The summed E-state index contributed by atoms with van der Waals surface area (Å²) in [5.41, 5.74) is 0.299. The Bertz CT molecular complexity index is 417. The molecule has 1 heterocycles. The first kappa shape index (κ1) is 14.2. The van der Waals surface area contributed by atoms with Crippen molar-refractivity contribution in [3.8, 4) is 0 Å². The van der Waals surface area contributed by atoms with Gasteiger partial charge in [-0.3, -0.25) is 4.79 Å². The summed E-state index contributed by atoms with van der Waals surface area (Å²) in [6.07, 6.45) is 5.18. The Morgan fingerprint density at radius 3 is 2.79 bits per heavy atom. The Balaban J connectivity index is 1.73. The number of hydrogen-bond acceptors (Lipinski definition) is 4. The molecule has 1 aromatic rings. The van der Waals surface area contributed by atoms with Gasteiger partial charge in [0.05, 0.1) is 0 Å². The highest BCUT2D eigenvalue weighted by molar-refractivity contribution is 6.29. The Labute approximate surface area is 118 Å². The molecule has 5 nitrogen and oxygen atoms in total. The van der Waals surface area contributed by atoms with E-state index in [-0.39, 0.29) is 11.1 Å². The van der Waals surface area contributed by atoms with E-state index in [9.17, 15) is 4.79 Å². The molecule has 1 N–H and O–H groups in total. The Morgan fingerprint density at radius 1 is 1.42 bits per heavy atom. The van der Waals surface area contributed by atoms with Crippen LogP contribution in [0.4, 0.5) is 0 Å². The molecule has 1 aliphatic carbocycles. The summed E-state index contributed by atoms with van der Waals surface area (Å²) in [5.74, 6) is -0.205. The van der Waals surface area contributed by atoms with Gasteiger partial charge in [-0.15, -0.1) is 10.2 Å². The van der Waals surface area contributed by atoms with E-state index in [1.807, 2.05) is 0 Å². The van der Waals surface area contributed by atoms with Gasteiger partial charge >= 0.3 is 0 Å². The van der Waals surface area contributed by atoms with E-state index in [1.54, 1.807) is 12.1 Å². The molecule has 1 aliphatic rings. The van der Waals surface area contributed by atoms with E-state index < -0.39 is 0 Å². The number of halogens is 1. The van der Waals surface area contributed by atoms with Crippen molar-refractivity contribution >= 4 is 17.5 Å². The van der Waals surface area contributed by atoms with Crippen LogP contribution in [-0.4, -0.2) is 47.2 Å². The number of amides is 1. The minimum atomic E-state index is -0.205. The fraction of sp³-hybridized carbons (Fsp3) is 0.615. The van der Waals surface area contributed by atoms with Gasteiger partial charge in [0.25, 0.3) is 5.91 Å². The zero-order valence-electron chi connectivity index (χ0n) is 11.1. The smallest absolute Gasteiger partial charge is 0.271 e. The summed E-state index contributed by atoms with van der Waals surface area (Å²) < 4.78 is 0. The van der Waals surface area contributed by atoms with Crippen molar-refractivity contribution in [1.29, 1.82) is 0 Å². The Morgan fingerprint density at radius 2 is 2.16 bits per heavy atom. The number of hydrogen-bond donors (Lipinski definition) is 1. The first-order valence-corrected chi connectivity index (χ1v) is 7.02. The van der Waals surface area contributed by atoms with E-state index in [0.717, 1.165) is 6.54 Å². The quantitative estimate of drug-likeness (QED) is 0.894. The molecular weight excluding hydrogens is 264 g/mol. The van der Waals surface area contributed by atoms with Crippen LogP contribution < -0.4 is 5.32 Å². The van der Waals surface area contributed by atoms with Gasteiger partial charge in [-0.05, 0) is 32.0 Å². The second-order valence-corrected chi connectivity index (χ2v) is 5.30. The van der Waals surface area contributed by atoms with E-state index in [4.69, 9.17) is 11.6 Å². The lowest BCUT2D eigenvalue weighted by Gasteiger charge is -2.23. The van der Waals surface area contributed by atoms with Gasteiger partial charge in [0, 0.05) is 19.1 Å². The maximum Gasteiger partial charge on any atom is 0.271 e. The number of rotatable bonds is 5. The van der Waals surface area contributed by atoms with Crippen LogP contribution in [0.5, 0.6) is 0 Å². The van der Waals surface area contributed by atoms with Crippen LogP contribution in [0.2, 0.25) is 5.15 Å². The van der Waals surface area contributed by atoms with E-state index in [2.05, 4.69) is 27.5 Å². The summed E-state index contributed by atoms with van der Waals surface area (Å²) in [5, 5.41) is 10.5. The number of carbonyl (C=O) groups excluding carboxylic acids is 1. The van der Waals surface area contributed by atoms with Crippen LogP contribution in [-0.2, 0) is 0 Å². The lowest BCUT2D eigenvalue weighted by molar-refractivity contribution is 0.0941. The average molecular weight is 283 g/mol. The lowest BCUT2D eigenvalue weighted by atomic mass is 10.2. The van der Waals surface area contributed by atoms with Crippen LogP contribution in [0.15, 0.2) is 12.1 Å². The highest BCUT2D eigenvalue weighted by atomic mass is 35.5. The van der Waals surface area contributed by atoms with Crippen molar-refractivity contribution < 1.29 is 4.79 Å². The molecule has 1 saturated carbocycles. The topological polar surface area (TPSA) is 58.1 Å². The molecular formula is C13H19ClN4O. The SMILES string of the molecule is CN(CCNC(=O)c1ccc(Cl)nn1)C1CCCC1. The monoisotopic (exact) mass is 282 g/mol. The standard InChI is InChI=1S/C13H19ClN4O/c1-18(10-4-2-3-5-10)9-8-15-13(19)11-6-7-12(14)17-16-11/h6-7,10H,2-5,8-9H2,1H3,(H,15,19). The van der Waals surface area contributed by atoms with Crippen LogP contribution in [0, 0.1) is 0 Å². The minimum Gasteiger partial charge on any atom is -0.349 e. The van der Waals surface area contributed by atoms with Crippen LogP contribution in [0.1, 0.15) is 36.2 Å². The number of likely N-dealkylation sites (N-methyl/N-ethyl adjacent to an activating group) is 1. The second kappa shape index (κ2) is 6.82. The summed E-state index contributed by atoms with van der Waals surface area (Å²) in [6, 6.07) is 3.81. The second-order valence-electron chi connectivity index (χ2n) is 4.92. The molecule has 2 rings (SSSR count). The molecule has 0 aliphatic heterocycles. The summed E-state index contributed by atoms with van der Waals surface area (Å²) >= 11 is 5.62. The number of nitrogens with zero attached hydrogens (tertiary/aromatic N) is 3. The largest absolute Gasteiger partial charge is 0.349 e.